The van der Waals surface area contributed by atoms with Gasteiger partial charge in [-0.25, -0.2) is 9.18 Å². The molecule has 0 saturated carbocycles. The fourth-order valence-corrected chi connectivity index (χ4v) is 5.11. The zero-order valence-corrected chi connectivity index (χ0v) is 20.5. The van der Waals surface area contributed by atoms with Crippen molar-refractivity contribution in [3.63, 3.8) is 0 Å². The van der Waals surface area contributed by atoms with E-state index >= 15 is 0 Å². The van der Waals surface area contributed by atoms with Crippen molar-refractivity contribution in [1.82, 2.24) is 14.0 Å². The molecule has 1 aliphatic heterocycles. The molecule has 186 valence electrons. The maximum Gasteiger partial charge on any atom is 0.329 e. The maximum absolute atomic E-state index is 13.8. The Hall–Kier alpha value is -3.53. The molecule has 1 N–H and O–H groups in total. The van der Waals surface area contributed by atoms with Gasteiger partial charge in [-0.05, 0) is 35.7 Å². The average molecular weight is 507 g/mol. The number of benzene rings is 2. The molecule has 0 unspecified atom stereocenters. The number of carbonyl (C=O) groups excluding carboxylic acids is 1. The second kappa shape index (κ2) is 11.0. The largest absolute Gasteiger partial charge is 0.379 e. The summed E-state index contributed by atoms with van der Waals surface area (Å²) in [6.07, 6.45) is 0. The zero-order chi connectivity index (χ0) is 24.9. The van der Waals surface area contributed by atoms with Crippen LogP contribution in [0.5, 0.6) is 0 Å². The second-order valence-electron chi connectivity index (χ2n) is 8.58. The Kier molecular flexibility index (Phi) is 7.41. The summed E-state index contributed by atoms with van der Waals surface area (Å²) in [5.41, 5.74) is 1.86. The van der Waals surface area contributed by atoms with Crippen molar-refractivity contribution in [2.24, 2.45) is 0 Å². The predicted octanol–water partition coefficient (Wildman–Crippen LogP) is 4.15. The molecule has 0 radical (unpaired) electrons. The van der Waals surface area contributed by atoms with E-state index in [1.807, 2.05) is 47.8 Å². The van der Waals surface area contributed by atoms with Crippen LogP contribution in [0.3, 0.4) is 0 Å². The Bertz CT molecular complexity index is 1360. The number of imidazole rings is 1. The summed E-state index contributed by atoms with van der Waals surface area (Å²) in [4.78, 5) is 30.8. The normalized spacial score (nSPS) is 14.1. The van der Waals surface area contributed by atoms with Crippen LogP contribution in [0.2, 0.25) is 0 Å². The van der Waals surface area contributed by atoms with Gasteiger partial charge in [-0.2, -0.15) is 0 Å². The van der Waals surface area contributed by atoms with E-state index in [1.165, 1.54) is 24.3 Å². The third-order valence-electron chi connectivity index (χ3n) is 6.23. The van der Waals surface area contributed by atoms with Crippen LogP contribution < -0.4 is 11.0 Å². The van der Waals surface area contributed by atoms with Gasteiger partial charge in [-0.1, -0.05) is 36.4 Å². The summed E-state index contributed by atoms with van der Waals surface area (Å²) in [5, 5.41) is 4.84. The van der Waals surface area contributed by atoms with Crippen molar-refractivity contribution in [3.05, 3.63) is 99.0 Å². The molecule has 4 aromatic rings. The third kappa shape index (κ3) is 5.33. The van der Waals surface area contributed by atoms with Crippen molar-refractivity contribution < 1.29 is 13.9 Å². The lowest BCUT2D eigenvalue weighted by molar-refractivity contribution is 0.0361. The molecule has 9 heteroatoms. The first-order valence-corrected chi connectivity index (χ1v) is 12.8. The van der Waals surface area contributed by atoms with Crippen LogP contribution in [0.4, 0.5) is 10.1 Å². The number of amides is 1. The Morgan fingerprint density at radius 2 is 1.69 bits per heavy atom. The standard InChI is InChI=1S/C27H27FN4O3S/c28-21-8-10-22(11-9-21)29-26(33)25-24(20-5-2-1-3-6-20)32(19-23-7-4-18-36-23)27(34)31(25)13-12-30-14-16-35-17-15-30/h1-11,18H,12-17,19H2,(H,29,33). The van der Waals surface area contributed by atoms with E-state index < -0.39 is 5.91 Å². The second-order valence-corrected chi connectivity index (χ2v) is 9.61. The number of halogens is 1. The molecular formula is C27H27FN4O3S. The van der Waals surface area contributed by atoms with Gasteiger partial charge in [0, 0.05) is 42.3 Å². The number of carbonyl (C=O) groups is 1. The molecule has 1 aliphatic rings. The SMILES string of the molecule is O=C(Nc1ccc(F)cc1)c1c(-c2ccccc2)n(Cc2cccs2)c(=O)n1CCN1CCOCC1. The van der Waals surface area contributed by atoms with Crippen LogP contribution in [-0.4, -0.2) is 52.8 Å². The predicted molar refractivity (Wildman–Crippen MR) is 139 cm³/mol. The Labute approximate surface area is 212 Å². The number of hydrogen-bond donors (Lipinski definition) is 1. The van der Waals surface area contributed by atoms with E-state index in [0.29, 0.717) is 49.9 Å². The number of anilines is 1. The van der Waals surface area contributed by atoms with Crippen molar-refractivity contribution in [2.45, 2.75) is 13.1 Å². The van der Waals surface area contributed by atoms with Crippen molar-refractivity contribution in [1.29, 1.82) is 0 Å². The number of hydrogen-bond acceptors (Lipinski definition) is 5. The van der Waals surface area contributed by atoms with E-state index in [2.05, 4.69) is 10.2 Å². The highest BCUT2D eigenvalue weighted by Crippen LogP contribution is 2.26. The van der Waals surface area contributed by atoms with E-state index in [-0.39, 0.29) is 11.5 Å². The molecule has 1 amide bonds. The fraction of sp³-hybridized carbons (Fsp3) is 0.259. The molecule has 36 heavy (non-hydrogen) atoms. The van der Waals surface area contributed by atoms with Crippen LogP contribution >= 0.6 is 11.3 Å². The van der Waals surface area contributed by atoms with Gasteiger partial charge in [0.25, 0.3) is 5.91 Å². The molecular weight excluding hydrogens is 479 g/mol. The number of rotatable bonds is 8. The van der Waals surface area contributed by atoms with Crippen LogP contribution in [0.15, 0.2) is 76.9 Å². The summed E-state index contributed by atoms with van der Waals surface area (Å²) in [6, 6.07) is 19.0. The highest BCUT2D eigenvalue weighted by Gasteiger charge is 2.27. The van der Waals surface area contributed by atoms with Gasteiger partial charge in [-0.15, -0.1) is 11.3 Å². The number of nitrogens with one attached hydrogen (secondary N) is 1. The number of morpholine rings is 1. The minimum atomic E-state index is -0.413. The van der Waals surface area contributed by atoms with Gasteiger partial charge in [0.2, 0.25) is 0 Å². The lowest BCUT2D eigenvalue weighted by Gasteiger charge is -2.26. The average Bonchev–Trinajstić information content (AvgIpc) is 3.52. The summed E-state index contributed by atoms with van der Waals surface area (Å²) < 4.78 is 22.1. The highest BCUT2D eigenvalue weighted by molar-refractivity contribution is 7.09. The molecule has 0 aliphatic carbocycles. The smallest absolute Gasteiger partial charge is 0.329 e. The number of aromatic nitrogens is 2. The van der Waals surface area contributed by atoms with Gasteiger partial charge in [-0.3, -0.25) is 18.8 Å². The number of ether oxygens (including phenoxy) is 1. The molecule has 2 aromatic heterocycles. The Morgan fingerprint density at radius 1 is 0.944 bits per heavy atom. The van der Waals surface area contributed by atoms with Crippen molar-refractivity contribution in [3.8, 4) is 11.3 Å². The topological polar surface area (TPSA) is 68.5 Å². The molecule has 3 heterocycles. The van der Waals surface area contributed by atoms with Gasteiger partial charge in [0.1, 0.15) is 11.5 Å². The van der Waals surface area contributed by atoms with E-state index in [1.54, 1.807) is 20.5 Å². The van der Waals surface area contributed by atoms with Gasteiger partial charge >= 0.3 is 5.69 Å². The van der Waals surface area contributed by atoms with E-state index in [0.717, 1.165) is 23.5 Å². The first-order chi connectivity index (χ1) is 17.6. The number of thiophene rings is 1. The minimum absolute atomic E-state index is 0.236. The quantitative estimate of drug-likeness (QED) is 0.390. The molecule has 0 atom stereocenters. The summed E-state index contributed by atoms with van der Waals surface area (Å²) in [5.74, 6) is -0.799. The summed E-state index contributed by atoms with van der Waals surface area (Å²) in [6.45, 7) is 4.23. The van der Waals surface area contributed by atoms with Crippen LogP contribution in [0, 0.1) is 5.82 Å². The lowest BCUT2D eigenvalue weighted by atomic mass is 10.1. The monoisotopic (exact) mass is 506 g/mol. The van der Waals surface area contributed by atoms with Gasteiger partial charge in [0.15, 0.2) is 0 Å². The molecule has 0 spiro atoms. The van der Waals surface area contributed by atoms with Gasteiger partial charge in [0.05, 0.1) is 25.5 Å². The van der Waals surface area contributed by atoms with Crippen LogP contribution in [-0.2, 0) is 17.8 Å². The fourth-order valence-electron chi connectivity index (χ4n) is 4.41. The Balaban J connectivity index is 1.60. The van der Waals surface area contributed by atoms with Crippen LogP contribution in [0.25, 0.3) is 11.3 Å². The maximum atomic E-state index is 13.8. The highest BCUT2D eigenvalue weighted by atomic mass is 32.1. The third-order valence-corrected chi connectivity index (χ3v) is 7.09. The minimum Gasteiger partial charge on any atom is -0.379 e. The molecule has 1 fully saturated rings. The summed E-state index contributed by atoms with van der Waals surface area (Å²) >= 11 is 1.57. The van der Waals surface area contributed by atoms with E-state index in [9.17, 15) is 14.0 Å². The molecule has 0 bridgehead atoms. The molecule has 5 rings (SSSR count). The van der Waals surface area contributed by atoms with Crippen molar-refractivity contribution in [2.75, 3.05) is 38.2 Å². The van der Waals surface area contributed by atoms with Gasteiger partial charge < -0.3 is 10.1 Å². The lowest BCUT2D eigenvalue weighted by Crippen LogP contribution is -2.40. The van der Waals surface area contributed by atoms with Crippen molar-refractivity contribution >= 4 is 22.9 Å². The molecule has 1 saturated heterocycles. The molecule has 7 nitrogen and oxygen atoms in total. The number of nitrogens with zero attached hydrogens (tertiary/aromatic N) is 3. The molecule has 2 aromatic carbocycles. The first-order valence-electron chi connectivity index (χ1n) is 11.9. The van der Waals surface area contributed by atoms with Crippen LogP contribution in [0.1, 0.15) is 15.4 Å². The van der Waals surface area contributed by atoms with E-state index in [4.69, 9.17) is 4.74 Å². The zero-order valence-electron chi connectivity index (χ0n) is 19.7. The Morgan fingerprint density at radius 3 is 2.39 bits per heavy atom. The summed E-state index contributed by atoms with van der Waals surface area (Å²) in [7, 11) is 0. The first kappa shape index (κ1) is 24.2.